The molecule has 6 aromatic heterocycles. The quantitative estimate of drug-likeness (QED) is 0.0210. The number of hydrogen-bond acceptors (Lipinski definition) is 17. The smallest absolute Gasteiger partial charge is 0.459 e. The van der Waals surface area contributed by atoms with Crippen molar-refractivity contribution in [2.75, 3.05) is 44.6 Å². The lowest BCUT2D eigenvalue weighted by atomic mass is 9.81. The zero-order valence-electron chi connectivity index (χ0n) is 71.3. The van der Waals surface area contributed by atoms with E-state index in [4.69, 9.17) is 84.5 Å². The van der Waals surface area contributed by atoms with E-state index in [1.54, 1.807) is 127 Å². The average molecular weight is 1820 g/mol. The molecule has 22 nitrogen and oxygen atoms in total. The molecule has 5 N–H and O–H groups in total. The molecule has 0 aliphatic carbocycles. The molecule has 33 heteroatoms. The van der Waals surface area contributed by atoms with Crippen LogP contribution in [0.3, 0.4) is 0 Å². The zero-order valence-corrected chi connectivity index (χ0v) is 74.4. The summed E-state index contributed by atoms with van der Waals surface area (Å²) in [5.41, 5.74) is 11.3. The molecule has 3 aliphatic rings. The van der Waals surface area contributed by atoms with E-state index in [0.29, 0.717) is 60.6 Å². The number of pyridine rings is 3. The van der Waals surface area contributed by atoms with Crippen LogP contribution in [-0.2, 0) is 33.8 Å². The van der Waals surface area contributed by atoms with Crippen LogP contribution in [0, 0.1) is 0 Å². The summed E-state index contributed by atoms with van der Waals surface area (Å²) in [5.74, 6) is -6.81. The Morgan fingerprint density at radius 3 is 1.00 bits per heavy atom. The molecule has 6 aromatic carbocycles. The first-order chi connectivity index (χ1) is 60.1. The van der Waals surface area contributed by atoms with Crippen LogP contribution in [0.2, 0.25) is 5.02 Å². The Labute approximate surface area is 751 Å². The number of halogens is 9. The summed E-state index contributed by atoms with van der Waals surface area (Å²) in [4.78, 5) is 79.1. The number of hydrogen-bond donors (Lipinski definition) is 5. The van der Waals surface area contributed by atoms with Crippen LogP contribution in [0.4, 0.5) is 40.7 Å². The number of alkyl carbamates (subject to hydrolysis) is 3. The minimum atomic E-state index is -2.70. The molecule has 3 saturated heterocycles. The molecule has 0 atom stereocenters. The fourth-order valence-corrected chi connectivity index (χ4v) is 14.4. The number of fused-ring (bicyclic) bond motifs is 3. The maximum Gasteiger partial charge on any atom is 0.488 e. The molecule has 15 rings (SSSR count). The van der Waals surface area contributed by atoms with Gasteiger partial charge in [-0.1, -0.05) is 72.3 Å². The minimum Gasteiger partial charge on any atom is -0.459 e. The fourth-order valence-electron chi connectivity index (χ4n) is 13.9. The van der Waals surface area contributed by atoms with E-state index in [-0.39, 0.29) is 115 Å². The fraction of sp³-hybridized carbons (Fsp3) is 0.330. The molecule has 127 heavy (non-hydrogen) atoms. The summed E-state index contributed by atoms with van der Waals surface area (Å²) in [6.45, 7) is 17.4. The summed E-state index contributed by atoms with van der Waals surface area (Å²) in [5, 5.41) is 28.3. The van der Waals surface area contributed by atoms with Crippen molar-refractivity contribution in [3.8, 4) is 55.6 Å². The third-order valence-corrected chi connectivity index (χ3v) is 20.9. The van der Waals surface area contributed by atoms with E-state index >= 15 is 0 Å². The van der Waals surface area contributed by atoms with Gasteiger partial charge in [0.25, 0.3) is 29.6 Å². The van der Waals surface area contributed by atoms with Gasteiger partial charge in [0.15, 0.2) is 5.58 Å². The third-order valence-electron chi connectivity index (χ3n) is 20.1. The first kappa shape index (κ1) is 96.1. The summed E-state index contributed by atoms with van der Waals surface area (Å²) in [7, 11) is -1.38. The monoisotopic (exact) mass is 1820 g/mol. The minimum absolute atomic E-state index is 0.0468. The van der Waals surface area contributed by atoms with Gasteiger partial charge >= 0.3 is 25.4 Å². The van der Waals surface area contributed by atoms with Gasteiger partial charge in [-0.15, -0.1) is 23.2 Å². The predicted octanol–water partition coefficient (Wildman–Crippen LogP) is 21.5. The standard InChI is InChI=1S/C31H31F2N3O4.C31H31F2N3O3S.C26H27ClF2N2O4.C5H6BNO2.CH2Cl2/c1-30(2,3)40-29(38)35-19-25-17-24-16-23(18-26(27(24)39-25)21-8-12-34-13-9-21)20-4-6-22(7-5-20)28(37)36-14-10-31(32,33)11-15-36;1-30(2,3)39-29(37)35-19-25-17-24-16-23(18-26(27(24)38-25)21-8-12-34-13-9-21)20-4-6-22(7-5-20)28(40)36-14-10-31(32,33)11-15-36;1-25(2,3)35-24(33)30-15-20-13-19-12-18(14-21(27)22(19)34-20)16-4-6-17(7-5-16)23(32)31-10-8-26(28,29)9-11-31;8-6(9)5-1-3-7-4-2-5;2-1-3/h4-9,12-13,16-18H,10-11,14-15,19H2,1-3H3,(H,35,38);4-9,12-13,16-18H,10-11,14-15,19H2,1-3H3,(H,35,37);4-7,12-14H,8-11,15H2,1-3H3,(H,30,33);1-4,8-9H;1H2. The highest BCUT2D eigenvalue weighted by Crippen LogP contribution is 2.41. The Bertz CT molecular complexity index is 5540. The van der Waals surface area contributed by atoms with Crippen molar-refractivity contribution in [3.05, 3.63) is 240 Å². The van der Waals surface area contributed by atoms with Crippen molar-refractivity contribution < 1.29 is 87.8 Å². The summed E-state index contributed by atoms with van der Waals surface area (Å²) in [6, 6.07) is 50.1. The molecule has 0 saturated carbocycles. The van der Waals surface area contributed by atoms with Crippen molar-refractivity contribution >= 4 is 128 Å². The number of amides is 5. The van der Waals surface area contributed by atoms with Crippen LogP contribution >= 0.6 is 47.0 Å². The van der Waals surface area contributed by atoms with Crippen LogP contribution in [0.5, 0.6) is 0 Å². The molecule has 5 amide bonds. The molecule has 12 aromatic rings. The number of likely N-dealkylation sites (tertiary alicyclic amines) is 3. The van der Waals surface area contributed by atoms with Gasteiger partial charge < -0.3 is 68.2 Å². The molecule has 0 radical (unpaired) electrons. The lowest BCUT2D eigenvalue weighted by Crippen LogP contribution is -2.42. The van der Waals surface area contributed by atoms with Crippen LogP contribution in [-0.4, -0.2) is 161 Å². The molecule has 3 aliphatic heterocycles. The number of nitrogens with zero attached hydrogens (tertiary/aromatic N) is 6. The van der Waals surface area contributed by atoms with Crippen LogP contribution < -0.4 is 21.4 Å². The number of furan rings is 3. The largest absolute Gasteiger partial charge is 0.488 e. The highest BCUT2D eigenvalue weighted by molar-refractivity contribution is 7.80. The molecule has 0 bridgehead atoms. The number of benzene rings is 6. The zero-order chi connectivity index (χ0) is 91.8. The van der Waals surface area contributed by atoms with Crippen molar-refractivity contribution in [1.29, 1.82) is 0 Å². The lowest BCUT2D eigenvalue weighted by molar-refractivity contribution is -0.0503. The number of alkyl halides is 8. The highest BCUT2D eigenvalue weighted by Gasteiger charge is 2.39. The van der Waals surface area contributed by atoms with Gasteiger partial charge in [-0.2, -0.15) is 0 Å². The van der Waals surface area contributed by atoms with Crippen molar-refractivity contribution in [1.82, 2.24) is 45.6 Å². The van der Waals surface area contributed by atoms with Gasteiger partial charge in [-0.25, -0.2) is 40.7 Å². The first-order valence-corrected chi connectivity index (χ1v) is 42.7. The van der Waals surface area contributed by atoms with Gasteiger partial charge in [0.1, 0.15) is 50.2 Å². The van der Waals surface area contributed by atoms with Crippen LogP contribution in [0.15, 0.2) is 214 Å². The molecule has 3 fully saturated rings. The molecular formula is C94H97BCl3F6N9O13S. The van der Waals surface area contributed by atoms with Crippen molar-refractivity contribution in [2.24, 2.45) is 0 Å². The number of rotatable bonds is 15. The summed E-state index contributed by atoms with van der Waals surface area (Å²) >= 11 is 21.6. The first-order valence-electron chi connectivity index (χ1n) is 40.8. The Kier molecular flexibility index (Phi) is 31.7. The van der Waals surface area contributed by atoms with Crippen molar-refractivity contribution in [3.63, 3.8) is 0 Å². The number of aromatic nitrogens is 3. The number of thiocarbonyl (C=S) groups is 1. The van der Waals surface area contributed by atoms with Gasteiger partial charge in [-0.05, 0) is 228 Å². The van der Waals surface area contributed by atoms with Gasteiger partial charge in [-0.3, -0.25) is 24.5 Å². The Morgan fingerprint density at radius 2 is 0.693 bits per heavy atom. The predicted molar refractivity (Wildman–Crippen MR) is 484 cm³/mol. The highest BCUT2D eigenvalue weighted by atomic mass is 35.5. The molecular weight excluding hydrogens is 1730 g/mol. The second-order valence-electron chi connectivity index (χ2n) is 33.4. The van der Waals surface area contributed by atoms with Crippen LogP contribution in [0.1, 0.15) is 144 Å². The third kappa shape index (κ3) is 27.7. The number of piperidine rings is 3. The van der Waals surface area contributed by atoms with Gasteiger partial charge in [0, 0.05) is 159 Å². The van der Waals surface area contributed by atoms with E-state index in [1.165, 1.54) is 22.2 Å². The molecule has 668 valence electrons. The molecule has 0 spiro atoms. The van der Waals surface area contributed by atoms with E-state index in [1.807, 2.05) is 123 Å². The number of nitrogens with one attached hydrogen (secondary N) is 3. The Morgan fingerprint density at radius 1 is 0.409 bits per heavy atom. The maximum absolute atomic E-state index is 13.6. The Balaban J connectivity index is 0.000000173. The number of carbonyl (C=O) groups is 5. The molecule has 0 unspecified atom stereocenters. The topological polar surface area (TPSA) is 277 Å². The molecule has 9 heterocycles. The second-order valence-corrected chi connectivity index (χ2v) is 35.0. The SMILES string of the molecule is CC(C)(C)OC(=O)NCc1cc2cc(-c3ccc(C(=O)N4CCC(F)(F)CC4)cc3)cc(-c3ccncc3)c2o1.CC(C)(C)OC(=O)NCc1cc2cc(-c3ccc(C(=O)N4CCC(F)(F)CC4)cc3)cc(Cl)c2o1.CC(C)(C)OC(=O)NCc1cc2cc(-c3ccc(C(=S)N4CCC(F)(F)CC4)cc3)cc(-c3ccncc3)c2o1.ClCCl.OB(O)c1ccncc1. The van der Waals surface area contributed by atoms with E-state index in [9.17, 15) is 50.3 Å². The van der Waals surface area contributed by atoms with Crippen molar-refractivity contribution in [2.45, 2.75) is 155 Å². The van der Waals surface area contributed by atoms with Gasteiger partial charge in [0.05, 0.1) is 30.0 Å². The second kappa shape index (κ2) is 41.9. The maximum atomic E-state index is 13.6. The normalized spacial score (nSPS) is 14.7. The van der Waals surface area contributed by atoms with E-state index in [2.05, 4.69) is 37.0 Å². The summed E-state index contributed by atoms with van der Waals surface area (Å²) in [6.07, 6.45) is 6.70. The number of carbonyl (C=O) groups excluding carboxylic acids is 5. The lowest BCUT2D eigenvalue weighted by Gasteiger charge is -2.33. The average Bonchev–Trinajstić information content (AvgIpc) is 1.66. The Hall–Kier alpha value is -11.5. The summed E-state index contributed by atoms with van der Waals surface area (Å²) < 4.78 is 115. The van der Waals surface area contributed by atoms with E-state index < -0.39 is 60.0 Å². The number of ether oxygens (including phenoxy) is 3. The van der Waals surface area contributed by atoms with Crippen LogP contribution in [0.25, 0.3) is 88.5 Å². The van der Waals surface area contributed by atoms with Gasteiger partial charge in [0.2, 0.25) is 0 Å². The van der Waals surface area contributed by atoms with E-state index in [0.717, 1.165) is 77.4 Å².